The fourth-order valence-electron chi connectivity index (χ4n) is 2.34. The molecule has 0 aliphatic carbocycles. The van der Waals surface area contributed by atoms with Gasteiger partial charge in [-0.1, -0.05) is 29.4 Å². The summed E-state index contributed by atoms with van der Waals surface area (Å²) in [5, 5.41) is 15.1. The van der Waals surface area contributed by atoms with E-state index in [0.717, 1.165) is 11.3 Å². The molecule has 0 bridgehead atoms. The largest absolute Gasteiger partial charge is 0.353 e. The third-order valence-electron chi connectivity index (χ3n) is 3.89. The van der Waals surface area contributed by atoms with Crippen molar-refractivity contribution in [1.29, 1.82) is 0 Å². The molecule has 0 saturated carbocycles. The van der Waals surface area contributed by atoms with Crippen LogP contribution in [0.5, 0.6) is 0 Å². The number of benzene rings is 1. The van der Waals surface area contributed by atoms with Crippen LogP contribution in [0.1, 0.15) is 24.5 Å². The van der Waals surface area contributed by atoms with Crippen molar-refractivity contribution in [3.63, 3.8) is 0 Å². The maximum Gasteiger partial charge on any atom is 0.311 e. The molecule has 2 N–H and O–H groups in total. The van der Waals surface area contributed by atoms with Gasteiger partial charge in [0.15, 0.2) is 0 Å². The van der Waals surface area contributed by atoms with Gasteiger partial charge in [-0.15, -0.1) is 11.3 Å². The van der Waals surface area contributed by atoms with Crippen LogP contribution in [0.15, 0.2) is 51.1 Å². The summed E-state index contributed by atoms with van der Waals surface area (Å²) in [7, 11) is -3.61. The Hall–Kier alpha value is -1.88. The van der Waals surface area contributed by atoms with E-state index < -0.39 is 28.2 Å². The number of nitrogens with zero attached hydrogens (tertiary/aromatic N) is 1. The molecule has 0 radical (unpaired) electrons. The molecule has 10 heteroatoms. The van der Waals surface area contributed by atoms with Gasteiger partial charge in [0.2, 0.25) is 10.0 Å². The van der Waals surface area contributed by atoms with E-state index in [1.165, 1.54) is 6.07 Å². The van der Waals surface area contributed by atoms with Gasteiger partial charge in [-0.05, 0) is 28.6 Å². The third-order valence-corrected chi connectivity index (χ3v) is 6.69. The van der Waals surface area contributed by atoms with E-state index in [1.54, 1.807) is 35.7 Å². The van der Waals surface area contributed by atoms with E-state index in [1.807, 2.05) is 0 Å². The Balaban J connectivity index is 1.72. The molecule has 1 unspecified atom stereocenters. The summed E-state index contributed by atoms with van der Waals surface area (Å²) >= 11 is 1.11. The first kappa shape index (κ1) is 18.9. The number of aliphatic hydroxyl groups is 1. The van der Waals surface area contributed by atoms with Gasteiger partial charge >= 0.3 is 11.7 Å². The van der Waals surface area contributed by atoms with Crippen LogP contribution in [0.2, 0.25) is 0 Å². The molecule has 0 amide bonds. The van der Waals surface area contributed by atoms with E-state index >= 15 is 0 Å². The molecule has 0 spiro atoms. The van der Waals surface area contributed by atoms with Gasteiger partial charge in [0, 0.05) is 13.5 Å². The molecule has 0 saturated heterocycles. The van der Waals surface area contributed by atoms with Gasteiger partial charge in [0.25, 0.3) is 0 Å². The fourth-order valence-corrected chi connectivity index (χ4v) is 4.39. The molecule has 0 fully saturated rings. The second-order valence-electron chi connectivity index (χ2n) is 5.94. The van der Waals surface area contributed by atoms with Crippen LogP contribution in [0.25, 0.3) is 0 Å². The number of alkyl halides is 2. The van der Waals surface area contributed by atoms with Crippen LogP contribution >= 0.6 is 11.3 Å². The van der Waals surface area contributed by atoms with Crippen molar-refractivity contribution >= 4 is 27.1 Å². The van der Waals surface area contributed by atoms with Gasteiger partial charge in [0.05, 0.1) is 12.1 Å². The average molecular weight is 402 g/mol. The van der Waals surface area contributed by atoms with Crippen LogP contribution in [0.4, 0.5) is 8.78 Å². The SMILES string of the molecule is CC(F)(F)C1(O)CC(c2cccc(CNS(=O)(=O)c3cccs3)c2)=NO1. The highest BCUT2D eigenvalue weighted by atomic mass is 32.2. The summed E-state index contributed by atoms with van der Waals surface area (Å²) in [6, 6.07) is 9.71. The molecule has 1 aromatic carbocycles. The number of hydrogen-bond donors (Lipinski definition) is 2. The van der Waals surface area contributed by atoms with Crippen molar-refractivity contribution < 1.29 is 27.1 Å². The molecule has 1 atom stereocenters. The zero-order chi connectivity index (χ0) is 19.0. The van der Waals surface area contributed by atoms with E-state index in [-0.39, 0.29) is 16.5 Å². The zero-order valence-electron chi connectivity index (χ0n) is 13.6. The topological polar surface area (TPSA) is 88.0 Å². The maximum atomic E-state index is 13.4. The Morgan fingerprint density at radius 2 is 2.15 bits per heavy atom. The number of sulfonamides is 1. The first-order valence-corrected chi connectivity index (χ1v) is 9.95. The van der Waals surface area contributed by atoms with Crippen molar-refractivity contribution in [2.24, 2.45) is 5.16 Å². The number of nitrogens with one attached hydrogen (secondary N) is 1. The monoisotopic (exact) mass is 402 g/mol. The number of rotatable bonds is 6. The molecule has 1 aliphatic rings. The lowest BCUT2D eigenvalue weighted by molar-refractivity contribution is -0.298. The highest BCUT2D eigenvalue weighted by molar-refractivity contribution is 7.91. The molecule has 1 aromatic heterocycles. The summed E-state index contributed by atoms with van der Waals surface area (Å²) in [4.78, 5) is 4.56. The quantitative estimate of drug-likeness (QED) is 0.778. The number of oxime groups is 1. The second kappa shape index (κ2) is 6.69. The zero-order valence-corrected chi connectivity index (χ0v) is 15.3. The molecule has 140 valence electrons. The van der Waals surface area contributed by atoms with E-state index in [2.05, 4.69) is 14.7 Å². The molecule has 3 rings (SSSR count). The van der Waals surface area contributed by atoms with Gasteiger partial charge in [0.1, 0.15) is 4.21 Å². The summed E-state index contributed by atoms with van der Waals surface area (Å²) in [6.07, 6.45) is -0.471. The summed E-state index contributed by atoms with van der Waals surface area (Å²) in [5.41, 5.74) is 1.25. The van der Waals surface area contributed by atoms with Crippen molar-refractivity contribution in [2.75, 3.05) is 0 Å². The van der Waals surface area contributed by atoms with Crippen LogP contribution in [0, 0.1) is 0 Å². The number of thiophene rings is 1. The van der Waals surface area contributed by atoms with Gasteiger partial charge in [-0.2, -0.15) is 8.78 Å². The van der Waals surface area contributed by atoms with Crippen LogP contribution < -0.4 is 4.72 Å². The van der Waals surface area contributed by atoms with E-state index in [0.29, 0.717) is 18.1 Å². The lowest BCUT2D eigenvalue weighted by Crippen LogP contribution is -2.46. The Morgan fingerprint density at radius 3 is 2.77 bits per heavy atom. The van der Waals surface area contributed by atoms with Crippen molar-refractivity contribution in [3.8, 4) is 0 Å². The van der Waals surface area contributed by atoms with Crippen molar-refractivity contribution in [1.82, 2.24) is 4.72 Å². The number of hydrogen-bond acceptors (Lipinski definition) is 6. The normalized spacial score (nSPS) is 20.7. The minimum Gasteiger partial charge on any atom is -0.353 e. The highest BCUT2D eigenvalue weighted by Crippen LogP contribution is 2.37. The third kappa shape index (κ3) is 3.78. The molecular formula is C16H16F2N2O4S2. The molecule has 2 heterocycles. The lowest BCUT2D eigenvalue weighted by atomic mass is 9.98. The first-order valence-electron chi connectivity index (χ1n) is 7.58. The standard InChI is InChI=1S/C16H16F2N2O4S2/c1-15(17,18)16(21)9-13(20-24-16)12-5-2-4-11(8-12)10-19-26(22,23)14-6-3-7-25-14/h2-8,19,21H,9-10H2,1H3. The smallest absolute Gasteiger partial charge is 0.311 e. The van der Waals surface area contributed by atoms with Gasteiger partial charge < -0.3 is 9.94 Å². The predicted molar refractivity (Wildman–Crippen MR) is 92.6 cm³/mol. The van der Waals surface area contributed by atoms with Crippen LogP contribution in [0.3, 0.4) is 0 Å². The Bertz CT molecular complexity index is 924. The lowest BCUT2D eigenvalue weighted by Gasteiger charge is -2.26. The summed E-state index contributed by atoms with van der Waals surface area (Å²) < 4.78 is 53.9. The Labute approximate surface area is 153 Å². The molecular weight excluding hydrogens is 386 g/mol. The molecule has 1 aliphatic heterocycles. The minimum absolute atomic E-state index is 0.0242. The average Bonchev–Trinajstić information content (AvgIpc) is 3.23. The minimum atomic E-state index is -3.61. The molecule has 6 nitrogen and oxygen atoms in total. The number of halogens is 2. The predicted octanol–water partition coefficient (Wildman–Crippen LogP) is 2.69. The highest BCUT2D eigenvalue weighted by Gasteiger charge is 2.55. The second-order valence-corrected chi connectivity index (χ2v) is 8.88. The van der Waals surface area contributed by atoms with Gasteiger partial charge in [-0.3, -0.25) is 0 Å². The van der Waals surface area contributed by atoms with Crippen LogP contribution in [-0.4, -0.2) is 30.9 Å². The van der Waals surface area contributed by atoms with Gasteiger partial charge in [-0.25, -0.2) is 13.1 Å². The van der Waals surface area contributed by atoms with Crippen LogP contribution in [-0.2, 0) is 21.4 Å². The summed E-state index contributed by atoms with van der Waals surface area (Å²) in [5.74, 6) is -6.16. The fraction of sp³-hybridized carbons (Fsp3) is 0.312. The van der Waals surface area contributed by atoms with Crippen molar-refractivity contribution in [2.45, 2.75) is 35.8 Å². The first-order chi connectivity index (χ1) is 12.1. The van der Waals surface area contributed by atoms with Crippen molar-refractivity contribution in [3.05, 3.63) is 52.9 Å². The summed E-state index contributed by atoms with van der Waals surface area (Å²) in [6.45, 7) is 0.581. The molecule has 2 aromatic rings. The van der Waals surface area contributed by atoms with E-state index in [9.17, 15) is 22.3 Å². The Kier molecular flexibility index (Phi) is 4.86. The Morgan fingerprint density at radius 1 is 1.38 bits per heavy atom. The van der Waals surface area contributed by atoms with E-state index in [4.69, 9.17) is 0 Å². The maximum absolute atomic E-state index is 13.4. The molecule has 26 heavy (non-hydrogen) atoms.